The van der Waals surface area contributed by atoms with E-state index in [1.807, 2.05) is 0 Å². The van der Waals surface area contributed by atoms with Gasteiger partial charge in [-0.1, -0.05) is 48.9 Å². The van der Waals surface area contributed by atoms with Crippen LogP contribution in [-0.2, 0) is 6.42 Å². The van der Waals surface area contributed by atoms with Gasteiger partial charge in [0.05, 0.1) is 0 Å². The molecular weight excluding hydrogens is 254 g/mol. The minimum Gasteiger partial charge on any atom is -0.314 e. The molecule has 1 heteroatoms. The first-order valence-electron chi connectivity index (χ1n) is 7.91. The summed E-state index contributed by atoms with van der Waals surface area (Å²) in [4.78, 5) is 0. The lowest BCUT2D eigenvalue weighted by molar-refractivity contribution is 0.565. The zero-order valence-corrected chi connectivity index (χ0v) is 14.0. The number of rotatable bonds is 5. The van der Waals surface area contributed by atoms with Crippen molar-refractivity contribution in [1.29, 1.82) is 0 Å². The van der Waals surface area contributed by atoms with Gasteiger partial charge in [0.2, 0.25) is 0 Å². The lowest BCUT2D eigenvalue weighted by Gasteiger charge is -2.14. The third kappa shape index (κ3) is 3.95. The minimum atomic E-state index is 0.531. The predicted octanol–water partition coefficient (Wildman–Crippen LogP) is 4.82. The summed E-state index contributed by atoms with van der Waals surface area (Å²) >= 11 is 0. The van der Waals surface area contributed by atoms with Crippen LogP contribution in [0.1, 0.15) is 36.1 Å². The number of aryl methyl sites for hydroxylation is 3. The lowest BCUT2D eigenvalue weighted by atomic mass is 9.93. The quantitative estimate of drug-likeness (QED) is 0.828. The van der Waals surface area contributed by atoms with Crippen LogP contribution in [0.2, 0.25) is 0 Å². The molecule has 2 aromatic rings. The first-order valence-corrected chi connectivity index (χ1v) is 7.91. The molecule has 0 spiro atoms. The molecule has 1 unspecified atom stereocenters. The van der Waals surface area contributed by atoms with Crippen LogP contribution < -0.4 is 5.32 Å². The van der Waals surface area contributed by atoms with Crippen molar-refractivity contribution in [2.75, 3.05) is 6.54 Å². The minimum absolute atomic E-state index is 0.531. The molecule has 0 aromatic heterocycles. The van der Waals surface area contributed by atoms with Gasteiger partial charge < -0.3 is 5.32 Å². The Morgan fingerprint density at radius 3 is 2.05 bits per heavy atom. The maximum atomic E-state index is 3.46. The first kappa shape index (κ1) is 15.8. The fourth-order valence-corrected chi connectivity index (χ4v) is 3.22. The SMILES string of the molecule is CCNC(C)Cc1ccc(-c2c(C)cc(C)cc2C)cc1. The van der Waals surface area contributed by atoms with Crippen molar-refractivity contribution in [1.82, 2.24) is 5.32 Å². The number of nitrogens with one attached hydrogen (secondary N) is 1. The molecule has 0 bridgehead atoms. The third-order valence-corrected chi connectivity index (χ3v) is 4.01. The molecule has 0 aliphatic heterocycles. The Morgan fingerprint density at radius 1 is 0.952 bits per heavy atom. The summed E-state index contributed by atoms with van der Waals surface area (Å²) in [6, 6.07) is 14.1. The molecule has 0 amide bonds. The Kier molecular flexibility index (Phi) is 5.19. The van der Waals surface area contributed by atoms with Crippen molar-refractivity contribution in [3.8, 4) is 11.1 Å². The van der Waals surface area contributed by atoms with Gasteiger partial charge in [0.1, 0.15) is 0 Å². The second-order valence-corrected chi connectivity index (χ2v) is 6.13. The summed E-state index contributed by atoms with van der Waals surface area (Å²) in [7, 11) is 0. The molecule has 21 heavy (non-hydrogen) atoms. The molecule has 0 heterocycles. The summed E-state index contributed by atoms with van der Waals surface area (Å²) in [5.74, 6) is 0. The highest BCUT2D eigenvalue weighted by Crippen LogP contribution is 2.28. The molecule has 0 saturated heterocycles. The van der Waals surface area contributed by atoms with Crippen LogP contribution in [0, 0.1) is 20.8 Å². The monoisotopic (exact) mass is 281 g/mol. The Balaban J connectivity index is 2.23. The highest BCUT2D eigenvalue weighted by Gasteiger charge is 2.07. The summed E-state index contributed by atoms with van der Waals surface area (Å²) < 4.78 is 0. The van der Waals surface area contributed by atoms with E-state index in [1.165, 1.54) is 33.4 Å². The molecule has 0 aliphatic rings. The summed E-state index contributed by atoms with van der Waals surface area (Å²) in [5, 5.41) is 3.46. The molecule has 0 saturated carbocycles. The van der Waals surface area contributed by atoms with Gasteiger partial charge in [-0.3, -0.25) is 0 Å². The maximum absolute atomic E-state index is 3.46. The van der Waals surface area contributed by atoms with Crippen molar-refractivity contribution in [2.24, 2.45) is 0 Å². The number of likely N-dealkylation sites (N-methyl/N-ethyl adjacent to an activating group) is 1. The second-order valence-electron chi connectivity index (χ2n) is 6.13. The van der Waals surface area contributed by atoms with Crippen molar-refractivity contribution < 1.29 is 0 Å². The number of benzene rings is 2. The molecule has 1 N–H and O–H groups in total. The molecular formula is C20H27N. The summed E-state index contributed by atoms with van der Waals surface area (Å²) in [6.45, 7) is 12.0. The third-order valence-electron chi connectivity index (χ3n) is 4.01. The fraction of sp³-hybridized carbons (Fsp3) is 0.400. The Bertz CT molecular complexity index is 573. The zero-order valence-electron chi connectivity index (χ0n) is 14.0. The molecule has 1 nitrogen and oxygen atoms in total. The second kappa shape index (κ2) is 6.91. The van der Waals surface area contributed by atoms with Gasteiger partial charge in [-0.2, -0.15) is 0 Å². The van der Waals surface area contributed by atoms with Crippen LogP contribution in [0.25, 0.3) is 11.1 Å². The van der Waals surface area contributed by atoms with Crippen molar-refractivity contribution in [3.05, 3.63) is 58.7 Å². The molecule has 2 rings (SSSR count). The van der Waals surface area contributed by atoms with Crippen LogP contribution in [0.5, 0.6) is 0 Å². The molecule has 0 aliphatic carbocycles. The zero-order chi connectivity index (χ0) is 15.4. The van der Waals surface area contributed by atoms with E-state index in [2.05, 4.69) is 76.3 Å². The average Bonchev–Trinajstić information content (AvgIpc) is 2.39. The van der Waals surface area contributed by atoms with Crippen molar-refractivity contribution in [2.45, 2.75) is 47.1 Å². The highest BCUT2D eigenvalue weighted by atomic mass is 14.9. The molecule has 1 atom stereocenters. The molecule has 2 aromatic carbocycles. The topological polar surface area (TPSA) is 12.0 Å². The molecule has 0 radical (unpaired) electrons. The van der Waals surface area contributed by atoms with Crippen LogP contribution in [0.3, 0.4) is 0 Å². The van der Waals surface area contributed by atoms with Gasteiger partial charge in [0.15, 0.2) is 0 Å². The van der Waals surface area contributed by atoms with E-state index < -0.39 is 0 Å². The average molecular weight is 281 g/mol. The molecule has 0 fully saturated rings. The van der Waals surface area contributed by atoms with E-state index in [1.54, 1.807) is 0 Å². The van der Waals surface area contributed by atoms with Crippen molar-refractivity contribution >= 4 is 0 Å². The van der Waals surface area contributed by atoms with E-state index in [-0.39, 0.29) is 0 Å². The van der Waals surface area contributed by atoms with Gasteiger partial charge in [-0.15, -0.1) is 0 Å². The van der Waals surface area contributed by atoms with Gasteiger partial charge in [-0.25, -0.2) is 0 Å². The van der Waals surface area contributed by atoms with Crippen LogP contribution in [0.4, 0.5) is 0 Å². The van der Waals surface area contributed by atoms with Crippen LogP contribution >= 0.6 is 0 Å². The predicted molar refractivity (Wildman–Crippen MR) is 92.9 cm³/mol. The fourth-order valence-electron chi connectivity index (χ4n) is 3.22. The van der Waals surface area contributed by atoms with Gasteiger partial charge in [0, 0.05) is 6.04 Å². The van der Waals surface area contributed by atoms with E-state index in [9.17, 15) is 0 Å². The largest absolute Gasteiger partial charge is 0.314 e. The van der Waals surface area contributed by atoms with Crippen LogP contribution in [0.15, 0.2) is 36.4 Å². The summed E-state index contributed by atoms with van der Waals surface area (Å²) in [6.07, 6.45) is 1.08. The lowest BCUT2D eigenvalue weighted by Crippen LogP contribution is -2.27. The smallest absolute Gasteiger partial charge is 0.00790 e. The maximum Gasteiger partial charge on any atom is 0.00790 e. The standard InChI is InChI=1S/C20H27N/c1-6-21-17(5)13-18-7-9-19(10-8-18)20-15(3)11-14(2)12-16(20)4/h7-12,17,21H,6,13H2,1-5H3. The normalized spacial score (nSPS) is 12.4. The van der Waals surface area contributed by atoms with Gasteiger partial charge in [-0.05, 0) is 68.5 Å². The summed E-state index contributed by atoms with van der Waals surface area (Å²) in [5.41, 5.74) is 8.17. The first-order chi connectivity index (χ1) is 10.0. The number of hydrogen-bond acceptors (Lipinski definition) is 1. The Morgan fingerprint density at radius 2 is 1.52 bits per heavy atom. The number of hydrogen-bond donors (Lipinski definition) is 1. The molecule has 112 valence electrons. The van der Waals surface area contributed by atoms with Crippen LogP contribution in [-0.4, -0.2) is 12.6 Å². The van der Waals surface area contributed by atoms with Crippen molar-refractivity contribution in [3.63, 3.8) is 0 Å². The van der Waals surface area contributed by atoms with E-state index in [4.69, 9.17) is 0 Å². The van der Waals surface area contributed by atoms with E-state index in [0.29, 0.717) is 6.04 Å². The van der Waals surface area contributed by atoms with E-state index in [0.717, 1.165) is 13.0 Å². The van der Waals surface area contributed by atoms with Gasteiger partial charge >= 0.3 is 0 Å². The Hall–Kier alpha value is -1.60. The van der Waals surface area contributed by atoms with E-state index >= 15 is 0 Å². The highest BCUT2D eigenvalue weighted by molar-refractivity contribution is 5.71. The van der Waals surface area contributed by atoms with Gasteiger partial charge in [0.25, 0.3) is 0 Å². The Labute approximate surface area is 129 Å².